The Morgan fingerprint density at radius 1 is 1.04 bits per heavy atom. The maximum absolute atomic E-state index is 12.9. The molecule has 0 unspecified atom stereocenters. The number of anilines is 1. The lowest BCUT2D eigenvalue weighted by Gasteiger charge is -2.34. The lowest BCUT2D eigenvalue weighted by atomic mass is 9.90. The highest BCUT2D eigenvalue weighted by Crippen LogP contribution is 2.50. The fourth-order valence-corrected chi connectivity index (χ4v) is 5.73. The van der Waals surface area contributed by atoms with Crippen LogP contribution in [0.1, 0.15) is 68.0 Å². The van der Waals surface area contributed by atoms with Crippen molar-refractivity contribution in [2.75, 3.05) is 44.2 Å². The summed E-state index contributed by atoms with van der Waals surface area (Å²) < 4.78 is 5.80. The third-order valence-electron chi connectivity index (χ3n) is 7.36. The van der Waals surface area contributed by atoms with E-state index in [9.17, 15) is 4.79 Å². The number of piperidine rings is 1. The molecule has 0 radical (unpaired) electrons. The topological polar surface area (TPSA) is 44.8 Å². The molecule has 1 saturated carbocycles. The molecule has 1 aromatic carbocycles. The van der Waals surface area contributed by atoms with E-state index in [-0.39, 0.29) is 12.1 Å². The normalized spacial score (nSPS) is 27.6. The average molecular weight is 384 g/mol. The number of hydrogen-bond acceptors (Lipinski definition) is 4. The van der Waals surface area contributed by atoms with Crippen LogP contribution in [0.25, 0.3) is 0 Å². The summed E-state index contributed by atoms with van der Waals surface area (Å²) in [4.78, 5) is 17.4. The van der Waals surface area contributed by atoms with E-state index in [0.29, 0.717) is 18.4 Å². The predicted octanol–water partition coefficient (Wildman–Crippen LogP) is 4.05. The molecule has 3 fully saturated rings. The molecule has 5 nitrogen and oxygen atoms in total. The number of fused-ring (bicyclic) bond motifs is 5. The molecule has 1 amide bonds. The number of amides is 1. The summed E-state index contributed by atoms with van der Waals surface area (Å²) in [5.74, 6) is 1.19. The smallest absolute Gasteiger partial charge is 0.410 e. The van der Waals surface area contributed by atoms with E-state index in [1.165, 1.54) is 48.9 Å². The Hall–Kier alpha value is -1.75. The minimum atomic E-state index is -0.0885. The van der Waals surface area contributed by atoms with Gasteiger partial charge in [-0.2, -0.15) is 0 Å². The Labute approximate surface area is 168 Å². The molecule has 0 spiro atoms. The van der Waals surface area contributed by atoms with E-state index >= 15 is 0 Å². The number of carbonyl (C=O) groups excluding carboxylic acids is 1. The molecular weight excluding hydrogens is 350 g/mol. The summed E-state index contributed by atoms with van der Waals surface area (Å²) in [5.41, 5.74) is 4.14. The van der Waals surface area contributed by atoms with Crippen LogP contribution in [-0.2, 0) is 4.74 Å². The maximum Gasteiger partial charge on any atom is 0.410 e. The summed E-state index contributed by atoms with van der Waals surface area (Å²) in [6.45, 7) is 5.64. The van der Waals surface area contributed by atoms with Gasteiger partial charge in [-0.05, 0) is 60.8 Å². The molecule has 28 heavy (non-hydrogen) atoms. The van der Waals surface area contributed by atoms with E-state index in [4.69, 9.17) is 4.74 Å². The molecule has 2 atom stereocenters. The van der Waals surface area contributed by atoms with Gasteiger partial charge in [-0.25, -0.2) is 4.79 Å². The molecule has 2 aliphatic carbocycles. The number of hydrogen-bond donors (Lipinski definition) is 1. The molecule has 2 aliphatic heterocycles. The van der Waals surface area contributed by atoms with Gasteiger partial charge in [-0.1, -0.05) is 25.3 Å². The van der Waals surface area contributed by atoms with Crippen molar-refractivity contribution in [1.82, 2.24) is 10.2 Å². The zero-order valence-electron chi connectivity index (χ0n) is 16.9. The first kappa shape index (κ1) is 18.3. The van der Waals surface area contributed by atoms with Gasteiger partial charge in [0.05, 0.1) is 12.6 Å². The first-order valence-corrected chi connectivity index (χ1v) is 11.3. The fraction of sp³-hybridized carbons (Fsp3) is 0.696. The zero-order chi connectivity index (χ0) is 18.9. The van der Waals surface area contributed by atoms with Crippen LogP contribution >= 0.6 is 0 Å². The van der Waals surface area contributed by atoms with Crippen LogP contribution in [-0.4, -0.2) is 50.3 Å². The number of ether oxygens (including phenoxy) is 1. The Morgan fingerprint density at radius 2 is 1.86 bits per heavy atom. The Kier molecular flexibility index (Phi) is 5.19. The highest BCUT2D eigenvalue weighted by atomic mass is 16.6. The number of piperazine rings is 1. The van der Waals surface area contributed by atoms with Gasteiger partial charge in [-0.15, -0.1) is 0 Å². The van der Waals surface area contributed by atoms with Crippen molar-refractivity contribution in [2.24, 2.45) is 5.92 Å². The van der Waals surface area contributed by atoms with Crippen molar-refractivity contribution in [3.8, 4) is 0 Å². The van der Waals surface area contributed by atoms with Crippen LogP contribution in [0.2, 0.25) is 0 Å². The molecule has 152 valence electrons. The lowest BCUT2D eigenvalue weighted by Crippen LogP contribution is -2.43. The van der Waals surface area contributed by atoms with Crippen LogP contribution in [0.5, 0.6) is 0 Å². The van der Waals surface area contributed by atoms with Gasteiger partial charge in [0.2, 0.25) is 0 Å². The second-order valence-corrected chi connectivity index (χ2v) is 9.06. The molecule has 1 N–H and O–H groups in total. The summed E-state index contributed by atoms with van der Waals surface area (Å²) in [6.07, 6.45) is 8.40. The van der Waals surface area contributed by atoms with Gasteiger partial charge in [0.15, 0.2) is 0 Å². The minimum absolute atomic E-state index is 0.0885. The SMILES string of the molecule is O=C(OCC1CCCCC1)N1CC[C@@H]2C[C@H]1c1cc(N3CCNCC3)ccc12. The number of nitrogens with zero attached hydrogens (tertiary/aromatic N) is 2. The Morgan fingerprint density at radius 3 is 2.68 bits per heavy atom. The molecule has 2 heterocycles. The van der Waals surface area contributed by atoms with Gasteiger partial charge < -0.3 is 19.9 Å². The largest absolute Gasteiger partial charge is 0.449 e. The van der Waals surface area contributed by atoms with Crippen molar-refractivity contribution in [1.29, 1.82) is 0 Å². The van der Waals surface area contributed by atoms with E-state index < -0.39 is 0 Å². The zero-order valence-corrected chi connectivity index (χ0v) is 16.9. The van der Waals surface area contributed by atoms with E-state index in [1.807, 2.05) is 4.90 Å². The predicted molar refractivity (Wildman–Crippen MR) is 111 cm³/mol. The first-order valence-electron chi connectivity index (χ1n) is 11.3. The van der Waals surface area contributed by atoms with Gasteiger partial charge >= 0.3 is 6.09 Å². The van der Waals surface area contributed by atoms with Gasteiger partial charge in [0.25, 0.3) is 0 Å². The molecule has 5 rings (SSSR count). The van der Waals surface area contributed by atoms with Crippen LogP contribution in [0.3, 0.4) is 0 Å². The summed E-state index contributed by atoms with van der Waals surface area (Å²) in [6, 6.07) is 7.18. The van der Waals surface area contributed by atoms with E-state index in [2.05, 4.69) is 28.4 Å². The molecule has 0 aromatic heterocycles. The van der Waals surface area contributed by atoms with Crippen LogP contribution < -0.4 is 10.2 Å². The third kappa shape index (κ3) is 3.49. The van der Waals surface area contributed by atoms with Gasteiger partial charge in [-0.3, -0.25) is 0 Å². The van der Waals surface area contributed by atoms with Gasteiger partial charge in [0.1, 0.15) is 0 Å². The number of benzene rings is 1. The van der Waals surface area contributed by atoms with E-state index in [0.717, 1.165) is 45.6 Å². The fourth-order valence-electron chi connectivity index (χ4n) is 5.73. The van der Waals surface area contributed by atoms with Crippen molar-refractivity contribution in [3.05, 3.63) is 29.3 Å². The molecule has 4 aliphatic rings. The van der Waals surface area contributed by atoms with Crippen molar-refractivity contribution in [3.63, 3.8) is 0 Å². The maximum atomic E-state index is 12.9. The highest BCUT2D eigenvalue weighted by Gasteiger charge is 2.41. The van der Waals surface area contributed by atoms with Crippen LogP contribution in [0.15, 0.2) is 18.2 Å². The monoisotopic (exact) mass is 383 g/mol. The second-order valence-electron chi connectivity index (χ2n) is 9.06. The van der Waals surface area contributed by atoms with Crippen LogP contribution in [0, 0.1) is 5.92 Å². The van der Waals surface area contributed by atoms with Crippen molar-refractivity contribution >= 4 is 11.8 Å². The molecular formula is C23H33N3O2. The second kappa shape index (κ2) is 7.94. The highest BCUT2D eigenvalue weighted by molar-refractivity contribution is 5.70. The number of likely N-dealkylation sites (tertiary alicyclic amines) is 1. The number of rotatable bonds is 3. The summed E-state index contributed by atoms with van der Waals surface area (Å²) >= 11 is 0. The minimum Gasteiger partial charge on any atom is -0.449 e. The quantitative estimate of drug-likeness (QED) is 0.855. The number of nitrogens with one attached hydrogen (secondary N) is 1. The van der Waals surface area contributed by atoms with Crippen molar-refractivity contribution in [2.45, 2.75) is 56.9 Å². The Bertz CT molecular complexity index is 710. The molecule has 1 aromatic rings. The Balaban J connectivity index is 1.29. The van der Waals surface area contributed by atoms with Crippen molar-refractivity contribution < 1.29 is 9.53 Å². The van der Waals surface area contributed by atoms with E-state index in [1.54, 1.807) is 0 Å². The molecule has 2 bridgehead atoms. The van der Waals surface area contributed by atoms with Crippen LogP contribution in [0.4, 0.5) is 10.5 Å². The van der Waals surface area contributed by atoms with Gasteiger partial charge in [0, 0.05) is 38.4 Å². The average Bonchev–Trinajstić information content (AvgIpc) is 3.05. The number of carbonyl (C=O) groups is 1. The summed E-state index contributed by atoms with van der Waals surface area (Å²) in [7, 11) is 0. The molecule has 2 saturated heterocycles. The third-order valence-corrected chi connectivity index (χ3v) is 7.36. The standard InChI is InChI=1S/C23H33N3O2/c27-23(28-16-17-4-2-1-3-5-17)26-11-8-18-14-22(26)21-15-19(6-7-20(18)21)25-12-9-24-10-13-25/h6-7,15,17-18,22,24H,1-5,8-14,16H2/t18-,22+/m1/s1. The summed E-state index contributed by atoms with van der Waals surface area (Å²) in [5, 5.41) is 3.43. The molecule has 5 heteroatoms. The lowest BCUT2D eigenvalue weighted by molar-refractivity contribution is 0.0582. The first-order chi connectivity index (χ1) is 13.8.